The molecule has 9 heteroatoms. The second-order valence-corrected chi connectivity index (χ2v) is 6.71. The summed E-state index contributed by atoms with van der Waals surface area (Å²) in [5, 5.41) is 6.35. The minimum atomic E-state index is -0.484. The number of carbonyl (C=O) groups is 1. The first kappa shape index (κ1) is 22.2. The van der Waals surface area contributed by atoms with Crippen molar-refractivity contribution in [2.75, 3.05) is 32.1 Å². The number of carbonyl (C=O) groups excluding carboxylic acids is 1. The molecule has 7 nitrogen and oxygen atoms in total. The summed E-state index contributed by atoms with van der Waals surface area (Å²) in [5.41, 5.74) is 1.93. The second-order valence-electron chi connectivity index (χ2n) is 6.71. The summed E-state index contributed by atoms with van der Waals surface area (Å²) in [6, 6.07) is 9.33. The number of hydrogen-bond acceptors (Lipinski definition) is 5. The van der Waals surface area contributed by atoms with Crippen molar-refractivity contribution in [3.63, 3.8) is 0 Å². The van der Waals surface area contributed by atoms with Gasteiger partial charge in [0.15, 0.2) is 11.6 Å². The van der Waals surface area contributed by atoms with E-state index in [0.717, 1.165) is 42.7 Å². The molecule has 0 atom stereocenters. The van der Waals surface area contributed by atoms with Crippen molar-refractivity contribution >= 4 is 47.4 Å². The van der Waals surface area contributed by atoms with Gasteiger partial charge in [-0.15, -0.1) is 24.8 Å². The Morgan fingerprint density at radius 3 is 2.75 bits per heavy atom. The van der Waals surface area contributed by atoms with Crippen LogP contribution in [-0.4, -0.2) is 42.7 Å². The van der Waals surface area contributed by atoms with Gasteiger partial charge in [-0.1, -0.05) is 0 Å². The van der Waals surface area contributed by atoms with Crippen LogP contribution in [0.1, 0.15) is 12.8 Å². The van der Waals surface area contributed by atoms with Gasteiger partial charge >= 0.3 is 0 Å². The number of imidazole rings is 1. The van der Waals surface area contributed by atoms with Gasteiger partial charge in [0, 0.05) is 12.8 Å². The summed E-state index contributed by atoms with van der Waals surface area (Å²) < 4.78 is 10.7. The Balaban J connectivity index is 0.00000140. The van der Waals surface area contributed by atoms with E-state index in [2.05, 4.69) is 20.6 Å². The van der Waals surface area contributed by atoms with Crippen molar-refractivity contribution in [1.29, 1.82) is 0 Å². The lowest BCUT2D eigenvalue weighted by Crippen LogP contribution is -2.47. The molecule has 0 radical (unpaired) electrons. The third-order valence-corrected chi connectivity index (χ3v) is 4.96. The maximum absolute atomic E-state index is 12.9. The molecule has 1 fully saturated rings. The first-order valence-electron chi connectivity index (χ1n) is 8.75. The van der Waals surface area contributed by atoms with E-state index in [9.17, 15) is 4.79 Å². The van der Waals surface area contributed by atoms with E-state index in [1.165, 1.54) is 0 Å². The molecule has 1 aliphatic heterocycles. The van der Waals surface area contributed by atoms with Crippen molar-refractivity contribution in [2.45, 2.75) is 12.8 Å². The monoisotopic (exact) mass is 426 g/mol. The topological polar surface area (TPSA) is 92.2 Å². The maximum Gasteiger partial charge on any atom is 0.233 e. The summed E-state index contributed by atoms with van der Waals surface area (Å²) >= 11 is 0. The molecule has 1 amide bonds. The number of methoxy groups -OCH3 is 1. The van der Waals surface area contributed by atoms with Crippen LogP contribution in [0.3, 0.4) is 0 Å². The number of hydrogen-bond donors (Lipinski definition) is 3. The number of piperidine rings is 1. The summed E-state index contributed by atoms with van der Waals surface area (Å²) in [6.07, 6.45) is 3.14. The van der Waals surface area contributed by atoms with Gasteiger partial charge in [0.1, 0.15) is 0 Å². The van der Waals surface area contributed by atoms with E-state index >= 15 is 0 Å². The molecule has 0 bridgehead atoms. The fraction of sp³-hybridized carbons (Fsp3) is 0.368. The third kappa shape index (κ3) is 4.33. The predicted octanol–water partition coefficient (Wildman–Crippen LogP) is 3.62. The second kappa shape index (κ2) is 9.43. The Hall–Kier alpha value is -2.06. The van der Waals surface area contributed by atoms with Gasteiger partial charge in [0.2, 0.25) is 5.91 Å². The van der Waals surface area contributed by atoms with E-state index in [1.54, 1.807) is 13.4 Å². The lowest BCUT2D eigenvalue weighted by atomic mass is 9.78. The molecule has 4 rings (SSSR count). The molecule has 1 aliphatic rings. The highest BCUT2D eigenvalue weighted by Crippen LogP contribution is 2.31. The van der Waals surface area contributed by atoms with Gasteiger partial charge in [0.25, 0.3) is 0 Å². The van der Waals surface area contributed by atoms with Crippen LogP contribution in [0.2, 0.25) is 0 Å². The number of H-pyrrole nitrogens is 1. The van der Waals surface area contributed by atoms with Crippen LogP contribution >= 0.6 is 24.8 Å². The van der Waals surface area contributed by atoms with E-state index < -0.39 is 5.41 Å². The van der Waals surface area contributed by atoms with Gasteiger partial charge in [-0.2, -0.15) is 0 Å². The minimum absolute atomic E-state index is 0. The van der Waals surface area contributed by atoms with Crippen LogP contribution in [-0.2, 0) is 9.53 Å². The molecule has 152 valence electrons. The van der Waals surface area contributed by atoms with E-state index in [-0.39, 0.29) is 30.7 Å². The molecule has 2 aromatic heterocycles. The van der Waals surface area contributed by atoms with Crippen LogP contribution in [0.5, 0.6) is 0 Å². The molecule has 0 aliphatic carbocycles. The molecule has 0 unspecified atom stereocenters. The number of aromatic nitrogens is 2. The standard InChI is InChI=1S/C19H22N4O3.2ClH/c1-25-12-19(6-8-20-9-7-19)18(24)21-13-4-5-14-15(11-13)23-17(22-14)16-3-2-10-26-16;;/h2-5,10-11,20H,6-9,12H2,1H3,(H,21,24)(H,22,23);2*1H. The number of furan rings is 1. The zero-order chi connectivity index (χ0) is 18.0. The lowest BCUT2D eigenvalue weighted by molar-refractivity contribution is -0.130. The fourth-order valence-corrected chi connectivity index (χ4v) is 3.50. The Morgan fingerprint density at radius 2 is 2.07 bits per heavy atom. The maximum atomic E-state index is 12.9. The Bertz CT molecular complexity index is 900. The average molecular weight is 427 g/mol. The fourth-order valence-electron chi connectivity index (χ4n) is 3.50. The number of ether oxygens (including phenoxy) is 1. The highest BCUT2D eigenvalue weighted by Gasteiger charge is 2.39. The molecule has 1 saturated heterocycles. The number of amides is 1. The van der Waals surface area contributed by atoms with Crippen LogP contribution in [0, 0.1) is 5.41 Å². The first-order chi connectivity index (χ1) is 12.7. The Kier molecular flexibility index (Phi) is 7.48. The normalized spacial score (nSPS) is 15.5. The smallest absolute Gasteiger partial charge is 0.233 e. The number of rotatable bonds is 5. The minimum Gasteiger partial charge on any atom is -0.461 e. The quantitative estimate of drug-likeness (QED) is 0.579. The van der Waals surface area contributed by atoms with E-state index in [0.29, 0.717) is 18.2 Å². The molecule has 3 N–H and O–H groups in total. The van der Waals surface area contributed by atoms with Crippen molar-refractivity contribution < 1.29 is 13.9 Å². The van der Waals surface area contributed by atoms with Crippen LogP contribution in [0.25, 0.3) is 22.6 Å². The SMILES string of the molecule is COCC1(C(=O)Nc2ccc3nc(-c4ccco4)[nH]c3c2)CCNCC1.Cl.Cl. The highest BCUT2D eigenvalue weighted by atomic mass is 35.5. The Labute approximate surface area is 175 Å². The van der Waals surface area contributed by atoms with Gasteiger partial charge < -0.3 is 24.8 Å². The number of nitrogens with one attached hydrogen (secondary N) is 3. The summed E-state index contributed by atoms with van der Waals surface area (Å²) in [6.45, 7) is 2.07. The van der Waals surface area contributed by atoms with E-state index in [1.807, 2.05) is 30.3 Å². The predicted molar refractivity (Wildman–Crippen MR) is 113 cm³/mol. The number of nitrogens with zero attached hydrogens (tertiary/aromatic N) is 1. The molecule has 3 aromatic rings. The van der Waals surface area contributed by atoms with Crippen LogP contribution < -0.4 is 10.6 Å². The van der Waals surface area contributed by atoms with Crippen LogP contribution in [0.15, 0.2) is 41.0 Å². The number of anilines is 1. The zero-order valence-corrected chi connectivity index (χ0v) is 17.1. The highest BCUT2D eigenvalue weighted by molar-refractivity contribution is 5.97. The van der Waals surface area contributed by atoms with Crippen molar-refractivity contribution in [3.8, 4) is 11.6 Å². The molecular formula is C19H24Cl2N4O3. The Morgan fingerprint density at radius 1 is 1.29 bits per heavy atom. The molecule has 0 saturated carbocycles. The van der Waals surface area contributed by atoms with E-state index in [4.69, 9.17) is 9.15 Å². The lowest BCUT2D eigenvalue weighted by Gasteiger charge is -2.35. The number of aromatic amines is 1. The number of benzene rings is 1. The van der Waals surface area contributed by atoms with Crippen molar-refractivity contribution in [1.82, 2.24) is 15.3 Å². The summed E-state index contributed by atoms with van der Waals surface area (Å²) in [4.78, 5) is 20.7. The molecule has 1 aromatic carbocycles. The molecule has 3 heterocycles. The summed E-state index contributed by atoms with van der Waals surface area (Å²) in [7, 11) is 1.64. The number of halogens is 2. The van der Waals surface area contributed by atoms with Gasteiger partial charge in [0.05, 0.1) is 29.3 Å². The van der Waals surface area contributed by atoms with Gasteiger partial charge in [-0.05, 0) is 56.3 Å². The van der Waals surface area contributed by atoms with Gasteiger partial charge in [-0.3, -0.25) is 4.79 Å². The summed E-state index contributed by atoms with van der Waals surface area (Å²) in [5.74, 6) is 1.36. The van der Waals surface area contributed by atoms with Crippen molar-refractivity contribution in [3.05, 3.63) is 36.6 Å². The molecule has 28 heavy (non-hydrogen) atoms. The average Bonchev–Trinajstić information content (AvgIpc) is 3.32. The van der Waals surface area contributed by atoms with Crippen LogP contribution in [0.4, 0.5) is 5.69 Å². The van der Waals surface area contributed by atoms with Crippen molar-refractivity contribution in [2.24, 2.45) is 5.41 Å². The number of fused-ring (bicyclic) bond motifs is 1. The zero-order valence-electron chi connectivity index (χ0n) is 15.5. The third-order valence-electron chi connectivity index (χ3n) is 4.96. The van der Waals surface area contributed by atoms with Gasteiger partial charge in [-0.25, -0.2) is 4.98 Å². The first-order valence-corrected chi connectivity index (χ1v) is 8.75. The molecule has 0 spiro atoms. The molecular weight excluding hydrogens is 403 g/mol. The largest absolute Gasteiger partial charge is 0.461 e.